The largest absolute Gasteiger partial charge is 0.321 e. The average molecular weight is 361 g/mol. The van der Waals surface area contributed by atoms with E-state index in [4.69, 9.17) is 0 Å². The van der Waals surface area contributed by atoms with Crippen molar-refractivity contribution >= 4 is 54.8 Å². The van der Waals surface area contributed by atoms with E-state index in [0.29, 0.717) is 4.88 Å². The highest BCUT2D eigenvalue weighted by atomic mass is 79.9. The molecular weight excluding hydrogens is 354 g/mol. The molecule has 0 fully saturated rings. The van der Waals surface area contributed by atoms with Gasteiger partial charge in [0.05, 0.1) is 8.66 Å². The third kappa shape index (κ3) is 2.93. The van der Waals surface area contributed by atoms with Gasteiger partial charge in [0, 0.05) is 10.2 Å². The molecule has 1 aromatic carbocycles. The minimum absolute atomic E-state index is 0.0852. The Morgan fingerprint density at radius 2 is 1.75 bits per heavy atom. The molecule has 2 aromatic rings. The Kier molecular flexibility index (Phi) is 3.78. The van der Waals surface area contributed by atoms with Crippen LogP contribution >= 0.6 is 43.2 Å². The summed E-state index contributed by atoms with van der Waals surface area (Å²) in [6.07, 6.45) is 0. The maximum Gasteiger partial charge on any atom is 0.265 e. The van der Waals surface area contributed by atoms with Gasteiger partial charge in [-0.25, -0.2) is 0 Å². The Labute approximate surface area is 114 Å². The second kappa shape index (κ2) is 5.12. The van der Waals surface area contributed by atoms with Crippen LogP contribution in [0.4, 0.5) is 5.69 Å². The van der Waals surface area contributed by atoms with Gasteiger partial charge in [-0.2, -0.15) is 0 Å². The second-order valence-electron chi connectivity index (χ2n) is 3.06. The van der Waals surface area contributed by atoms with E-state index in [1.165, 1.54) is 11.3 Å². The lowest BCUT2D eigenvalue weighted by atomic mass is 10.3. The summed E-state index contributed by atoms with van der Waals surface area (Å²) in [5.74, 6) is -0.0852. The van der Waals surface area contributed by atoms with Crippen molar-refractivity contribution in [1.29, 1.82) is 0 Å². The first-order valence-electron chi connectivity index (χ1n) is 4.47. The molecule has 1 heterocycles. The number of carbonyl (C=O) groups excluding carboxylic acids is 1. The molecule has 0 aliphatic carbocycles. The van der Waals surface area contributed by atoms with E-state index in [2.05, 4.69) is 37.2 Å². The van der Waals surface area contributed by atoms with Crippen molar-refractivity contribution in [2.45, 2.75) is 0 Å². The van der Waals surface area contributed by atoms with E-state index in [0.717, 1.165) is 13.9 Å². The van der Waals surface area contributed by atoms with Crippen LogP contribution in [0.5, 0.6) is 0 Å². The van der Waals surface area contributed by atoms with Gasteiger partial charge < -0.3 is 5.32 Å². The summed E-state index contributed by atoms with van der Waals surface area (Å²) in [6, 6.07) is 11.1. The van der Waals surface area contributed by atoms with E-state index >= 15 is 0 Å². The average Bonchev–Trinajstić information content (AvgIpc) is 2.68. The number of anilines is 1. The van der Waals surface area contributed by atoms with Gasteiger partial charge in [0.2, 0.25) is 0 Å². The maximum absolute atomic E-state index is 11.8. The molecule has 16 heavy (non-hydrogen) atoms. The van der Waals surface area contributed by atoms with Crippen molar-refractivity contribution in [3.05, 3.63) is 49.5 Å². The Morgan fingerprint density at radius 1 is 1.06 bits per heavy atom. The molecule has 1 N–H and O–H groups in total. The molecule has 0 bridgehead atoms. The Hall–Kier alpha value is -0.650. The van der Waals surface area contributed by atoms with Gasteiger partial charge in [-0.3, -0.25) is 4.79 Å². The number of rotatable bonds is 2. The number of carbonyl (C=O) groups is 1. The van der Waals surface area contributed by atoms with E-state index in [9.17, 15) is 4.79 Å². The summed E-state index contributed by atoms with van der Waals surface area (Å²) in [5.41, 5.74) is 0.790. The fraction of sp³-hybridized carbons (Fsp3) is 0. The third-order valence-electron chi connectivity index (χ3n) is 1.90. The molecule has 0 aliphatic rings. The van der Waals surface area contributed by atoms with Gasteiger partial charge in [-0.05, 0) is 52.3 Å². The fourth-order valence-electron chi connectivity index (χ4n) is 1.16. The number of thiophene rings is 1. The van der Waals surface area contributed by atoms with Crippen molar-refractivity contribution in [2.75, 3.05) is 5.32 Å². The highest BCUT2D eigenvalue weighted by Crippen LogP contribution is 2.23. The molecule has 0 saturated heterocycles. The van der Waals surface area contributed by atoms with Crippen LogP contribution in [0.2, 0.25) is 0 Å². The molecule has 0 saturated carbocycles. The number of halogens is 2. The minimum Gasteiger partial charge on any atom is -0.321 e. The SMILES string of the molecule is O=C(Nc1ccc(Br)cc1)c1ccc(Br)s1. The molecule has 2 rings (SSSR count). The molecule has 1 amide bonds. The summed E-state index contributed by atoms with van der Waals surface area (Å²) in [6.45, 7) is 0. The smallest absolute Gasteiger partial charge is 0.265 e. The van der Waals surface area contributed by atoms with Gasteiger partial charge in [0.15, 0.2) is 0 Å². The maximum atomic E-state index is 11.8. The molecular formula is C11H7Br2NOS. The predicted octanol–water partition coefficient (Wildman–Crippen LogP) is 4.53. The van der Waals surface area contributed by atoms with Crippen LogP contribution in [0.25, 0.3) is 0 Å². The molecule has 0 spiro atoms. The summed E-state index contributed by atoms with van der Waals surface area (Å²) in [5, 5.41) is 2.83. The third-order valence-corrected chi connectivity index (χ3v) is 4.05. The van der Waals surface area contributed by atoms with Crippen LogP contribution in [-0.2, 0) is 0 Å². The summed E-state index contributed by atoms with van der Waals surface area (Å²) < 4.78 is 1.94. The van der Waals surface area contributed by atoms with Gasteiger partial charge in [0.1, 0.15) is 0 Å². The van der Waals surface area contributed by atoms with Crippen molar-refractivity contribution < 1.29 is 4.79 Å². The first-order chi connectivity index (χ1) is 7.65. The zero-order valence-electron chi connectivity index (χ0n) is 8.04. The van der Waals surface area contributed by atoms with Crippen LogP contribution < -0.4 is 5.32 Å². The van der Waals surface area contributed by atoms with E-state index < -0.39 is 0 Å². The van der Waals surface area contributed by atoms with Crippen LogP contribution in [0, 0.1) is 0 Å². The van der Waals surface area contributed by atoms with Crippen molar-refractivity contribution in [1.82, 2.24) is 0 Å². The summed E-state index contributed by atoms with van der Waals surface area (Å²) in [4.78, 5) is 12.5. The van der Waals surface area contributed by atoms with Crippen molar-refractivity contribution in [2.24, 2.45) is 0 Å². The lowest BCUT2D eigenvalue weighted by molar-refractivity contribution is 0.103. The van der Waals surface area contributed by atoms with E-state index in [-0.39, 0.29) is 5.91 Å². The monoisotopic (exact) mass is 359 g/mol. The first-order valence-corrected chi connectivity index (χ1v) is 6.87. The Morgan fingerprint density at radius 3 is 2.31 bits per heavy atom. The van der Waals surface area contributed by atoms with Crippen LogP contribution in [0.1, 0.15) is 9.67 Å². The van der Waals surface area contributed by atoms with Crippen LogP contribution in [-0.4, -0.2) is 5.91 Å². The van der Waals surface area contributed by atoms with Crippen molar-refractivity contribution in [3.63, 3.8) is 0 Å². The quantitative estimate of drug-likeness (QED) is 0.837. The number of hydrogen-bond donors (Lipinski definition) is 1. The Balaban J connectivity index is 2.10. The van der Waals surface area contributed by atoms with E-state index in [1.54, 1.807) is 6.07 Å². The molecule has 0 aliphatic heterocycles. The molecule has 0 atom stereocenters. The number of hydrogen-bond acceptors (Lipinski definition) is 2. The molecule has 0 unspecified atom stereocenters. The Bertz CT molecular complexity index is 507. The topological polar surface area (TPSA) is 29.1 Å². The number of benzene rings is 1. The van der Waals surface area contributed by atoms with Crippen molar-refractivity contribution in [3.8, 4) is 0 Å². The highest BCUT2D eigenvalue weighted by molar-refractivity contribution is 9.11. The predicted molar refractivity (Wildman–Crippen MR) is 74.1 cm³/mol. The number of amides is 1. The molecule has 5 heteroatoms. The summed E-state index contributed by atoms with van der Waals surface area (Å²) in [7, 11) is 0. The van der Waals surface area contributed by atoms with Gasteiger partial charge in [0.25, 0.3) is 5.91 Å². The number of nitrogens with one attached hydrogen (secondary N) is 1. The highest BCUT2D eigenvalue weighted by Gasteiger charge is 2.08. The lowest BCUT2D eigenvalue weighted by Gasteiger charge is -2.02. The standard InChI is InChI=1S/C11H7Br2NOS/c12-7-1-3-8(4-2-7)14-11(15)9-5-6-10(13)16-9/h1-6H,(H,14,15). The van der Waals surface area contributed by atoms with Gasteiger partial charge in [-0.1, -0.05) is 15.9 Å². The van der Waals surface area contributed by atoms with E-state index in [1.807, 2.05) is 30.3 Å². The first kappa shape index (κ1) is 11.8. The zero-order chi connectivity index (χ0) is 11.5. The normalized spacial score (nSPS) is 10.1. The second-order valence-corrected chi connectivity index (χ2v) is 6.44. The zero-order valence-corrected chi connectivity index (χ0v) is 12.0. The minimum atomic E-state index is -0.0852. The lowest BCUT2D eigenvalue weighted by Crippen LogP contribution is -2.09. The fourth-order valence-corrected chi connectivity index (χ4v) is 2.71. The summed E-state index contributed by atoms with van der Waals surface area (Å²) >= 11 is 8.08. The van der Waals surface area contributed by atoms with Crippen LogP contribution in [0.15, 0.2) is 44.7 Å². The molecule has 2 nitrogen and oxygen atoms in total. The van der Waals surface area contributed by atoms with Gasteiger partial charge in [-0.15, -0.1) is 11.3 Å². The van der Waals surface area contributed by atoms with Crippen LogP contribution in [0.3, 0.4) is 0 Å². The molecule has 82 valence electrons. The molecule has 1 aromatic heterocycles. The molecule has 0 radical (unpaired) electrons. The van der Waals surface area contributed by atoms with Gasteiger partial charge >= 0.3 is 0 Å².